The van der Waals surface area contributed by atoms with Crippen LogP contribution in [0.4, 0.5) is 11.5 Å². The first-order chi connectivity index (χ1) is 11.6. The Morgan fingerprint density at radius 1 is 1.33 bits per heavy atom. The number of aromatic amines is 1. The molecule has 1 aromatic carbocycles. The van der Waals surface area contributed by atoms with Gasteiger partial charge in [-0.2, -0.15) is 0 Å². The van der Waals surface area contributed by atoms with Gasteiger partial charge in [0.1, 0.15) is 11.5 Å². The van der Waals surface area contributed by atoms with Crippen LogP contribution in [0.25, 0.3) is 0 Å². The first-order valence-electron chi connectivity index (χ1n) is 8.08. The lowest BCUT2D eigenvalue weighted by Crippen LogP contribution is -2.35. The Morgan fingerprint density at radius 2 is 2.08 bits per heavy atom. The van der Waals surface area contributed by atoms with E-state index in [9.17, 15) is 9.59 Å². The molecular formula is C17H22N4O3. The lowest BCUT2D eigenvalue weighted by Gasteiger charge is -2.18. The Bertz CT molecular complexity index is 813. The number of nitrogen functional groups attached to an aromatic ring is 1. The van der Waals surface area contributed by atoms with Crippen molar-refractivity contribution in [1.82, 2.24) is 9.55 Å². The smallest absolute Gasteiger partial charge is 0.330 e. The highest BCUT2D eigenvalue weighted by molar-refractivity contribution is 5.60. The molecule has 2 atom stereocenters. The van der Waals surface area contributed by atoms with Crippen LogP contribution >= 0.6 is 0 Å². The number of rotatable bonds is 5. The molecule has 0 bridgehead atoms. The number of hydrogen-bond donors (Lipinski definition) is 3. The molecule has 0 radical (unpaired) electrons. The van der Waals surface area contributed by atoms with Gasteiger partial charge in [0.15, 0.2) is 0 Å². The third-order valence-corrected chi connectivity index (χ3v) is 4.50. The standard InChI is InChI=1S/C17H22N4O3/c1-11-13(7-8-24-11)9-19-14-15(18)21(17(23)20-16(14)22)10-12-5-3-2-4-6-12/h2-6,11,13,19H,7-10,18H2,1H3,(H,20,22,23). The summed E-state index contributed by atoms with van der Waals surface area (Å²) in [4.78, 5) is 26.6. The highest BCUT2D eigenvalue weighted by Crippen LogP contribution is 2.21. The normalized spacial score (nSPS) is 20.2. The van der Waals surface area contributed by atoms with Crippen molar-refractivity contribution in [2.45, 2.75) is 26.0 Å². The van der Waals surface area contributed by atoms with E-state index in [2.05, 4.69) is 10.3 Å². The van der Waals surface area contributed by atoms with Crippen LogP contribution in [0.1, 0.15) is 18.9 Å². The second kappa shape index (κ2) is 6.92. The zero-order chi connectivity index (χ0) is 17.1. The zero-order valence-electron chi connectivity index (χ0n) is 13.6. The third-order valence-electron chi connectivity index (χ3n) is 4.50. The van der Waals surface area contributed by atoms with Gasteiger partial charge in [-0.25, -0.2) is 4.79 Å². The number of nitrogens with two attached hydrogens (primary N) is 1. The van der Waals surface area contributed by atoms with E-state index >= 15 is 0 Å². The van der Waals surface area contributed by atoms with Crippen LogP contribution in [0.5, 0.6) is 0 Å². The third kappa shape index (κ3) is 3.35. The molecule has 0 amide bonds. The zero-order valence-corrected chi connectivity index (χ0v) is 13.6. The molecule has 7 nitrogen and oxygen atoms in total. The number of nitrogens with zero attached hydrogens (tertiary/aromatic N) is 1. The van der Waals surface area contributed by atoms with Gasteiger partial charge in [-0.3, -0.25) is 14.3 Å². The first kappa shape index (κ1) is 16.3. The fourth-order valence-electron chi connectivity index (χ4n) is 2.96. The van der Waals surface area contributed by atoms with E-state index in [1.807, 2.05) is 37.3 Å². The summed E-state index contributed by atoms with van der Waals surface area (Å²) in [6.07, 6.45) is 1.09. The van der Waals surface area contributed by atoms with Crippen LogP contribution < -0.4 is 22.3 Å². The maximum Gasteiger partial charge on any atom is 0.330 e. The highest BCUT2D eigenvalue weighted by atomic mass is 16.5. The van der Waals surface area contributed by atoms with Crippen LogP contribution in [-0.2, 0) is 11.3 Å². The number of anilines is 2. The van der Waals surface area contributed by atoms with E-state index in [0.29, 0.717) is 19.0 Å². The van der Waals surface area contributed by atoms with Crippen LogP contribution in [0.3, 0.4) is 0 Å². The molecule has 0 saturated carbocycles. The van der Waals surface area contributed by atoms with Crippen molar-refractivity contribution in [3.8, 4) is 0 Å². The molecule has 0 aliphatic carbocycles. The lowest BCUT2D eigenvalue weighted by atomic mass is 10.0. The van der Waals surface area contributed by atoms with Crippen molar-refractivity contribution in [2.24, 2.45) is 5.92 Å². The molecule has 1 aliphatic heterocycles. The maximum absolute atomic E-state index is 12.1. The molecule has 7 heteroatoms. The topological polar surface area (TPSA) is 102 Å². The van der Waals surface area contributed by atoms with Gasteiger partial charge < -0.3 is 15.8 Å². The molecule has 24 heavy (non-hydrogen) atoms. The minimum absolute atomic E-state index is 0.146. The first-order valence-corrected chi connectivity index (χ1v) is 8.08. The van der Waals surface area contributed by atoms with Gasteiger partial charge in [0.05, 0.1) is 12.6 Å². The van der Waals surface area contributed by atoms with Crippen molar-refractivity contribution >= 4 is 11.5 Å². The van der Waals surface area contributed by atoms with Crippen molar-refractivity contribution in [1.29, 1.82) is 0 Å². The monoisotopic (exact) mass is 330 g/mol. The SMILES string of the molecule is CC1OCCC1CNc1c(N)n(Cc2ccccc2)c(=O)[nH]c1=O. The molecule has 1 saturated heterocycles. The van der Waals surface area contributed by atoms with Crippen LogP contribution in [-0.4, -0.2) is 28.8 Å². The molecule has 0 spiro atoms. The van der Waals surface area contributed by atoms with Crippen molar-refractivity contribution in [2.75, 3.05) is 24.2 Å². The van der Waals surface area contributed by atoms with Gasteiger partial charge in [-0.1, -0.05) is 30.3 Å². The van der Waals surface area contributed by atoms with E-state index in [0.717, 1.165) is 18.6 Å². The number of ether oxygens (including phenoxy) is 1. The number of H-pyrrole nitrogens is 1. The largest absolute Gasteiger partial charge is 0.383 e. The fourth-order valence-corrected chi connectivity index (χ4v) is 2.96. The predicted molar refractivity (Wildman–Crippen MR) is 93.3 cm³/mol. The van der Waals surface area contributed by atoms with Gasteiger partial charge in [-0.05, 0) is 18.9 Å². The van der Waals surface area contributed by atoms with Gasteiger partial charge >= 0.3 is 5.69 Å². The number of benzene rings is 1. The predicted octanol–water partition coefficient (Wildman–Crippen LogP) is 1.00. The lowest BCUT2D eigenvalue weighted by molar-refractivity contribution is 0.108. The van der Waals surface area contributed by atoms with Crippen molar-refractivity contribution < 1.29 is 4.74 Å². The molecular weight excluding hydrogens is 308 g/mol. The average molecular weight is 330 g/mol. The summed E-state index contributed by atoms with van der Waals surface area (Å²) in [6.45, 7) is 3.63. The van der Waals surface area contributed by atoms with Crippen molar-refractivity contribution in [3.63, 3.8) is 0 Å². The van der Waals surface area contributed by atoms with Crippen LogP contribution in [0.15, 0.2) is 39.9 Å². The molecule has 3 rings (SSSR count). The second-order valence-corrected chi connectivity index (χ2v) is 6.10. The summed E-state index contributed by atoms with van der Waals surface area (Å²) in [5.74, 6) is 0.470. The average Bonchev–Trinajstić information content (AvgIpc) is 2.97. The van der Waals surface area contributed by atoms with Gasteiger partial charge in [0, 0.05) is 19.1 Å². The fraction of sp³-hybridized carbons (Fsp3) is 0.412. The van der Waals surface area contributed by atoms with E-state index < -0.39 is 11.2 Å². The number of nitrogens with one attached hydrogen (secondary N) is 2. The Kier molecular flexibility index (Phi) is 4.71. The number of hydrogen-bond acceptors (Lipinski definition) is 5. The quantitative estimate of drug-likeness (QED) is 0.759. The Hall–Kier alpha value is -2.54. The minimum Gasteiger partial charge on any atom is -0.383 e. The van der Waals surface area contributed by atoms with Gasteiger partial charge in [0.2, 0.25) is 0 Å². The molecule has 128 valence electrons. The summed E-state index contributed by atoms with van der Waals surface area (Å²) in [6, 6.07) is 9.50. The molecule has 2 unspecified atom stereocenters. The number of aromatic nitrogens is 2. The molecule has 2 aromatic rings. The Labute approximate surface area is 139 Å². The van der Waals surface area contributed by atoms with Crippen LogP contribution in [0, 0.1) is 5.92 Å². The summed E-state index contributed by atoms with van der Waals surface area (Å²) in [5, 5.41) is 3.10. The Balaban J connectivity index is 1.85. The molecule has 1 aromatic heterocycles. The Morgan fingerprint density at radius 3 is 2.75 bits per heavy atom. The van der Waals surface area contributed by atoms with E-state index in [-0.39, 0.29) is 17.6 Å². The summed E-state index contributed by atoms with van der Waals surface area (Å²) >= 11 is 0. The summed E-state index contributed by atoms with van der Waals surface area (Å²) in [5.41, 5.74) is 6.27. The molecule has 1 aliphatic rings. The molecule has 2 heterocycles. The van der Waals surface area contributed by atoms with Crippen LogP contribution in [0.2, 0.25) is 0 Å². The molecule has 1 fully saturated rings. The summed E-state index contributed by atoms with van der Waals surface area (Å²) < 4.78 is 6.89. The highest BCUT2D eigenvalue weighted by Gasteiger charge is 2.24. The summed E-state index contributed by atoms with van der Waals surface area (Å²) in [7, 11) is 0. The molecule has 4 N–H and O–H groups in total. The van der Waals surface area contributed by atoms with E-state index in [1.54, 1.807) is 0 Å². The second-order valence-electron chi connectivity index (χ2n) is 6.10. The van der Waals surface area contributed by atoms with Gasteiger partial charge in [0.25, 0.3) is 5.56 Å². The van der Waals surface area contributed by atoms with Crippen molar-refractivity contribution in [3.05, 3.63) is 56.7 Å². The maximum atomic E-state index is 12.1. The van der Waals surface area contributed by atoms with E-state index in [1.165, 1.54) is 4.57 Å². The van der Waals surface area contributed by atoms with E-state index in [4.69, 9.17) is 10.5 Å². The van der Waals surface area contributed by atoms with Gasteiger partial charge in [-0.15, -0.1) is 0 Å². The minimum atomic E-state index is -0.510.